The Labute approximate surface area is 116 Å². The summed E-state index contributed by atoms with van der Waals surface area (Å²) >= 11 is 0. The summed E-state index contributed by atoms with van der Waals surface area (Å²) in [6.45, 7) is 10.8. The third kappa shape index (κ3) is 3.35. The second-order valence-corrected chi connectivity index (χ2v) is 6.14. The van der Waals surface area contributed by atoms with Gasteiger partial charge in [-0.05, 0) is 29.5 Å². The van der Waals surface area contributed by atoms with Crippen molar-refractivity contribution >= 4 is 0 Å². The second-order valence-electron chi connectivity index (χ2n) is 6.14. The maximum absolute atomic E-state index is 5.82. The van der Waals surface area contributed by atoms with Crippen LogP contribution in [-0.2, 0) is 11.3 Å². The van der Waals surface area contributed by atoms with Crippen LogP contribution in [0.2, 0.25) is 0 Å². The van der Waals surface area contributed by atoms with E-state index in [2.05, 4.69) is 44.3 Å². The highest BCUT2D eigenvalue weighted by molar-refractivity contribution is 5.32. The van der Waals surface area contributed by atoms with Gasteiger partial charge in [0.2, 0.25) is 0 Å². The van der Waals surface area contributed by atoms with Crippen LogP contribution in [0.25, 0.3) is 0 Å². The molecule has 3 nitrogen and oxygen atoms in total. The van der Waals surface area contributed by atoms with Crippen LogP contribution in [0.1, 0.15) is 36.5 Å². The number of nitrogens with two attached hydrogens (primary N) is 1. The number of hydrogen-bond donors (Lipinski definition) is 2. The summed E-state index contributed by atoms with van der Waals surface area (Å²) in [4.78, 5) is 0. The maximum atomic E-state index is 5.82. The Morgan fingerprint density at radius 1 is 1.37 bits per heavy atom. The van der Waals surface area contributed by atoms with Crippen LogP contribution in [0.3, 0.4) is 0 Å². The normalized spacial score (nSPS) is 17.5. The lowest BCUT2D eigenvalue weighted by Crippen LogP contribution is -2.54. The molecule has 1 saturated heterocycles. The topological polar surface area (TPSA) is 47.3 Å². The predicted octanol–water partition coefficient (Wildman–Crippen LogP) is 2.18. The lowest BCUT2D eigenvalue weighted by Gasteiger charge is -2.40. The zero-order chi connectivity index (χ0) is 13.9. The van der Waals surface area contributed by atoms with Crippen molar-refractivity contribution in [1.82, 2.24) is 5.32 Å². The SMILES string of the molecule is Cc1ccc(C(C)C)cc1CNCC1(CN)COC1. The fourth-order valence-electron chi connectivity index (χ4n) is 2.39. The van der Waals surface area contributed by atoms with E-state index in [0.29, 0.717) is 12.5 Å². The molecule has 1 heterocycles. The van der Waals surface area contributed by atoms with E-state index in [1.807, 2.05) is 0 Å². The largest absolute Gasteiger partial charge is 0.380 e. The first-order chi connectivity index (χ1) is 9.06. The standard InChI is InChI=1S/C16H26N2O/c1-12(2)14-5-4-13(3)15(6-14)7-18-9-16(8-17)10-19-11-16/h4-6,12,18H,7-11,17H2,1-3H3. The van der Waals surface area contributed by atoms with Crippen LogP contribution >= 0.6 is 0 Å². The average molecular weight is 262 g/mol. The first-order valence-electron chi connectivity index (χ1n) is 7.14. The van der Waals surface area contributed by atoms with Gasteiger partial charge in [-0.25, -0.2) is 0 Å². The predicted molar refractivity (Wildman–Crippen MR) is 79.3 cm³/mol. The molecule has 0 atom stereocenters. The number of aryl methyl sites for hydroxylation is 1. The first-order valence-corrected chi connectivity index (χ1v) is 7.14. The highest BCUT2D eigenvalue weighted by Crippen LogP contribution is 2.25. The minimum Gasteiger partial charge on any atom is -0.380 e. The lowest BCUT2D eigenvalue weighted by atomic mass is 9.86. The van der Waals surface area contributed by atoms with Crippen molar-refractivity contribution in [2.75, 3.05) is 26.3 Å². The van der Waals surface area contributed by atoms with Crippen molar-refractivity contribution < 1.29 is 4.74 Å². The van der Waals surface area contributed by atoms with Gasteiger partial charge >= 0.3 is 0 Å². The minimum atomic E-state index is 0.170. The van der Waals surface area contributed by atoms with E-state index in [-0.39, 0.29) is 5.41 Å². The van der Waals surface area contributed by atoms with Crippen molar-refractivity contribution in [2.45, 2.75) is 33.2 Å². The molecule has 0 spiro atoms. The van der Waals surface area contributed by atoms with Crippen molar-refractivity contribution in [3.63, 3.8) is 0 Å². The summed E-state index contributed by atoms with van der Waals surface area (Å²) in [5.41, 5.74) is 10.1. The molecular weight excluding hydrogens is 236 g/mol. The van der Waals surface area contributed by atoms with Gasteiger partial charge in [-0.1, -0.05) is 32.0 Å². The van der Waals surface area contributed by atoms with Crippen LogP contribution in [0.4, 0.5) is 0 Å². The van der Waals surface area contributed by atoms with Gasteiger partial charge in [-0.3, -0.25) is 0 Å². The van der Waals surface area contributed by atoms with Crippen molar-refractivity contribution in [2.24, 2.45) is 11.1 Å². The smallest absolute Gasteiger partial charge is 0.0569 e. The Hall–Kier alpha value is -0.900. The molecule has 3 heteroatoms. The average Bonchev–Trinajstić information content (AvgIpc) is 2.34. The van der Waals surface area contributed by atoms with Gasteiger partial charge in [0.05, 0.1) is 13.2 Å². The van der Waals surface area contributed by atoms with E-state index >= 15 is 0 Å². The molecule has 0 radical (unpaired) electrons. The minimum absolute atomic E-state index is 0.170. The van der Waals surface area contributed by atoms with E-state index in [0.717, 1.165) is 26.3 Å². The summed E-state index contributed by atoms with van der Waals surface area (Å²) < 4.78 is 5.29. The fraction of sp³-hybridized carbons (Fsp3) is 0.625. The molecule has 1 aromatic rings. The van der Waals surface area contributed by atoms with Gasteiger partial charge in [-0.2, -0.15) is 0 Å². The zero-order valence-electron chi connectivity index (χ0n) is 12.3. The van der Waals surface area contributed by atoms with Gasteiger partial charge in [0, 0.05) is 25.0 Å². The molecule has 0 saturated carbocycles. The molecule has 0 aromatic heterocycles. The Kier molecular flexibility index (Phi) is 4.61. The van der Waals surface area contributed by atoms with Crippen LogP contribution in [0, 0.1) is 12.3 Å². The van der Waals surface area contributed by atoms with Crippen LogP contribution < -0.4 is 11.1 Å². The molecule has 0 amide bonds. The molecule has 1 aliphatic rings. The Balaban J connectivity index is 1.93. The van der Waals surface area contributed by atoms with Crippen molar-refractivity contribution in [3.05, 3.63) is 34.9 Å². The Morgan fingerprint density at radius 2 is 2.11 bits per heavy atom. The quantitative estimate of drug-likeness (QED) is 0.826. The monoisotopic (exact) mass is 262 g/mol. The molecule has 0 aliphatic carbocycles. The van der Waals surface area contributed by atoms with Crippen LogP contribution in [-0.4, -0.2) is 26.3 Å². The molecule has 0 bridgehead atoms. The highest BCUT2D eigenvalue weighted by atomic mass is 16.5. The second kappa shape index (κ2) is 6.04. The number of ether oxygens (including phenoxy) is 1. The van der Waals surface area contributed by atoms with Crippen molar-refractivity contribution in [3.8, 4) is 0 Å². The van der Waals surface area contributed by atoms with Gasteiger partial charge < -0.3 is 15.8 Å². The van der Waals surface area contributed by atoms with Crippen LogP contribution in [0.5, 0.6) is 0 Å². The molecule has 1 aromatic carbocycles. The first kappa shape index (κ1) is 14.5. The van der Waals surface area contributed by atoms with Gasteiger partial charge in [0.15, 0.2) is 0 Å². The molecule has 106 valence electrons. The van der Waals surface area contributed by atoms with Crippen molar-refractivity contribution in [1.29, 1.82) is 0 Å². The summed E-state index contributed by atoms with van der Waals surface area (Å²) in [6, 6.07) is 6.77. The van der Waals surface area contributed by atoms with E-state index in [9.17, 15) is 0 Å². The Morgan fingerprint density at radius 3 is 2.63 bits per heavy atom. The third-order valence-electron chi connectivity index (χ3n) is 4.10. The number of nitrogens with one attached hydrogen (secondary N) is 1. The summed E-state index contributed by atoms with van der Waals surface area (Å²) in [7, 11) is 0. The van der Waals surface area contributed by atoms with Gasteiger partial charge in [-0.15, -0.1) is 0 Å². The number of benzene rings is 1. The molecule has 3 N–H and O–H groups in total. The van der Waals surface area contributed by atoms with Crippen LogP contribution in [0.15, 0.2) is 18.2 Å². The summed E-state index contributed by atoms with van der Waals surface area (Å²) in [6.07, 6.45) is 0. The van der Waals surface area contributed by atoms with E-state index < -0.39 is 0 Å². The fourth-order valence-corrected chi connectivity index (χ4v) is 2.39. The third-order valence-corrected chi connectivity index (χ3v) is 4.10. The van der Waals surface area contributed by atoms with E-state index in [1.54, 1.807) is 0 Å². The molecule has 0 unspecified atom stereocenters. The summed E-state index contributed by atoms with van der Waals surface area (Å²) in [5.74, 6) is 0.578. The molecule has 2 rings (SSSR count). The maximum Gasteiger partial charge on any atom is 0.0569 e. The Bertz CT molecular complexity index is 419. The zero-order valence-corrected chi connectivity index (χ0v) is 12.3. The number of hydrogen-bond acceptors (Lipinski definition) is 3. The van der Waals surface area contributed by atoms with E-state index in [1.165, 1.54) is 16.7 Å². The lowest BCUT2D eigenvalue weighted by molar-refractivity contribution is -0.105. The van der Waals surface area contributed by atoms with E-state index in [4.69, 9.17) is 10.5 Å². The van der Waals surface area contributed by atoms with Gasteiger partial charge in [0.1, 0.15) is 0 Å². The molecule has 19 heavy (non-hydrogen) atoms. The number of rotatable bonds is 6. The highest BCUT2D eigenvalue weighted by Gasteiger charge is 2.36. The molecule has 1 aliphatic heterocycles. The summed E-state index contributed by atoms with van der Waals surface area (Å²) in [5, 5.41) is 3.54. The molecular formula is C16H26N2O. The molecule has 1 fully saturated rings. The van der Waals surface area contributed by atoms with Gasteiger partial charge in [0.25, 0.3) is 0 Å².